The molecule has 0 aliphatic heterocycles. The Kier molecular flexibility index (Phi) is 4.92. The molecule has 21 heavy (non-hydrogen) atoms. The van der Waals surface area contributed by atoms with E-state index in [4.69, 9.17) is 15.2 Å². The maximum absolute atomic E-state index is 5.78. The monoisotopic (exact) mass is 288 g/mol. The van der Waals surface area contributed by atoms with E-state index in [1.54, 1.807) is 7.11 Å². The predicted molar refractivity (Wildman–Crippen MR) is 78.4 cm³/mol. The van der Waals surface area contributed by atoms with Gasteiger partial charge in [0.25, 0.3) is 0 Å². The first-order valence-electron chi connectivity index (χ1n) is 6.17. The van der Waals surface area contributed by atoms with Crippen LogP contribution in [0.1, 0.15) is 11.1 Å². The highest BCUT2D eigenvalue weighted by Gasteiger charge is 2.09. The Morgan fingerprint density at radius 3 is 2.90 bits per heavy atom. The zero-order chi connectivity index (χ0) is 15.1. The molecule has 2 aromatic rings. The molecule has 0 saturated heterocycles. The molecular weight excluding hydrogens is 272 g/mol. The van der Waals surface area contributed by atoms with Crippen molar-refractivity contribution in [1.29, 1.82) is 0 Å². The lowest BCUT2D eigenvalue weighted by Gasteiger charge is -2.09. The second-order valence-electron chi connectivity index (χ2n) is 4.04. The van der Waals surface area contributed by atoms with Gasteiger partial charge < -0.3 is 20.0 Å². The van der Waals surface area contributed by atoms with Crippen molar-refractivity contribution in [3.63, 3.8) is 0 Å². The highest BCUT2D eigenvalue weighted by atomic mass is 16.6. The average Bonchev–Trinajstić information content (AvgIpc) is 2.52. The zero-order valence-electron chi connectivity index (χ0n) is 11.8. The summed E-state index contributed by atoms with van der Waals surface area (Å²) in [5, 5.41) is 3.66. The number of aromatic nitrogens is 2. The van der Waals surface area contributed by atoms with Gasteiger partial charge in [0.05, 0.1) is 13.3 Å². The van der Waals surface area contributed by atoms with Gasteiger partial charge in [0.1, 0.15) is 37.2 Å². The normalized spacial score (nSPS) is 10.6. The van der Waals surface area contributed by atoms with Gasteiger partial charge in [0.2, 0.25) is 5.88 Å². The van der Waals surface area contributed by atoms with Crippen LogP contribution in [0.2, 0.25) is 0 Å². The highest BCUT2D eigenvalue weighted by Crippen LogP contribution is 2.20. The van der Waals surface area contributed by atoms with Crippen molar-refractivity contribution < 1.29 is 14.3 Å². The molecule has 0 unspecified atom stereocenters. The summed E-state index contributed by atoms with van der Waals surface area (Å²) in [5.74, 6) is 1.37. The number of nitrogens with two attached hydrogens (primary N) is 1. The van der Waals surface area contributed by atoms with Crippen LogP contribution in [0.15, 0.2) is 35.7 Å². The van der Waals surface area contributed by atoms with E-state index in [0.29, 0.717) is 18.1 Å². The van der Waals surface area contributed by atoms with Crippen LogP contribution < -0.4 is 15.2 Å². The zero-order valence-corrected chi connectivity index (χ0v) is 11.8. The molecule has 7 heteroatoms. The van der Waals surface area contributed by atoms with Crippen LogP contribution in [0.4, 0.5) is 5.82 Å². The number of hydrogen-bond donors (Lipinski definition) is 1. The molecule has 0 aliphatic carbocycles. The van der Waals surface area contributed by atoms with Gasteiger partial charge in [-0.05, 0) is 17.7 Å². The quantitative estimate of drug-likeness (QED) is 0.641. The van der Waals surface area contributed by atoms with Crippen LogP contribution >= 0.6 is 0 Å². The number of benzene rings is 1. The number of ether oxygens (including phenoxy) is 2. The van der Waals surface area contributed by atoms with Crippen LogP contribution in [0.5, 0.6) is 11.6 Å². The molecule has 1 aromatic carbocycles. The van der Waals surface area contributed by atoms with E-state index in [1.807, 2.05) is 24.3 Å². The summed E-state index contributed by atoms with van der Waals surface area (Å²) in [6, 6.07) is 7.56. The fourth-order valence-corrected chi connectivity index (χ4v) is 1.65. The third kappa shape index (κ3) is 3.82. The lowest BCUT2D eigenvalue weighted by Crippen LogP contribution is -2.05. The summed E-state index contributed by atoms with van der Waals surface area (Å²) in [6.45, 7) is 0.321. The fourth-order valence-electron chi connectivity index (χ4n) is 1.65. The van der Waals surface area contributed by atoms with Crippen LogP contribution in [0.25, 0.3) is 0 Å². The molecule has 0 bridgehead atoms. The summed E-state index contributed by atoms with van der Waals surface area (Å²) in [6.07, 6.45) is 2.75. The van der Waals surface area contributed by atoms with Crippen molar-refractivity contribution in [2.75, 3.05) is 20.0 Å². The van der Waals surface area contributed by atoms with Gasteiger partial charge in [-0.3, -0.25) is 0 Å². The first-order chi connectivity index (χ1) is 10.2. The van der Waals surface area contributed by atoms with E-state index in [1.165, 1.54) is 19.7 Å². The molecule has 0 spiro atoms. The van der Waals surface area contributed by atoms with E-state index in [0.717, 1.165) is 11.3 Å². The summed E-state index contributed by atoms with van der Waals surface area (Å²) < 4.78 is 10.8. The van der Waals surface area contributed by atoms with Gasteiger partial charge in [0, 0.05) is 0 Å². The Morgan fingerprint density at radius 2 is 2.14 bits per heavy atom. The molecule has 0 atom stereocenters. The Bertz CT molecular complexity index is 631. The molecular formula is C14H16N4O3. The summed E-state index contributed by atoms with van der Waals surface area (Å²) >= 11 is 0. The molecule has 7 nitrogen and oxygen atoms in total. The fraction of sp³-hybridized carbons (Fsp3) is 0.214. The minimum absolute atomic E-state index is 0.270. The molecule has 1 heterocycles. The summed E-state index contributed by atoms with van der Waals surface area (Å²) in [7, 11) is 3.05. The predicted octanol–water partition coefficient (Wildman–Crippen LogP) is 1.63. The third-order valence-corrected chi connectivity index (χ3v) is 2.68. The molecule has 2 rings (SSSR count). The van der Waals surface area contributed by atoms with Gasteiger partial charge in [-0.1, -0.05) is 17.3 Å². The van der Waals surface area contributed by atoms with Crippen LogP contribution in [-0.4, -0.2) is 30.4 Å². The summed E-state index contributed by atoms with van der Waals surface area (Å²) in [5.41, 5.74) is 7.20. The van der Waals surface area contributed by atoms with Crippen molar-refractivity contribution in [2.24, 2.45) is 5.16 Å². The highest BCUT2D eigenvalue weighted by molar-refractivity contribution is 5.87. The topological polar surface area (TPSA) is 91.9 Å². The molecule has 0 amide bonds. The standard InChI is InChI=1S/C14H16N4O3/c1-19-11-5-3-4-10(6-11)8-21-14-12(7-18-20-2)13(15)16-9-17-14/h3-7,9H,8H2,1-2H3,(H2,15,16,17). The van der Waals surface area contributed by atoms with E-state index in [2.05, 4.69) is 20.0 Å². The minimum Gasteiger partial charge on any atom is -0.497 e. The van der Waals surface area contributed by atoms with Crippen molar-refractivity contribution in [1.82, 2.24) is 9.97 Å². The van der Waals surface area contributed by atoms with Crippen molar-refractivity contribution in [3.05, 3.63) is 41.7 Å². The number of rotatable bonds is 6. The van der Waals surface area contributed by atoms with E-state index < -0.39 is 0 Å². The average molecular weight is 288 g/mol. The molecule has 110 valence electrons. The van der Waals surface area contributed by atoms with Crippen molar-refractivity contribution in [3.8, 4) is 11.6 Å². The van der Waals surface area contributed by atoms with Crippen LogP contribution in [0.3, 0.4) is 0 Å². The van der Waals surface area contributed by atoms with Crippen LogP contribution in [0, 0.1) is 0 Å². The molecule has 0 fully saturated rings. The van der Waals surface area contributed by atoms with E-state index >= 15 is 0 Å². The number of oxime groups is 1. The van der Waals surface area contributed by atoms with Gasteiger partial charge in [0.15, 0.2) is 0 Å². The summed E-state index contributed by atoms with van der Waals surface area (Å²) in [4.78, 5) is 12.6. The number of anilines is 1. The van der Waals surface area contributed by atoms with Crippen LogP contribution in [-0.2, 0) is 11.4 Å². The second kappa shape index (κ2) is 7.09. The lowest BCUT2D eigenvalue weighted by atomic mass is 10.2. The Balaban J connectivity index is 2.15. The van der Waals surface area contributed by atoms with E-state index in [-0.39, 0.29) is 5.82 Å². The smallest absolute Gasteiger partial charge is 0.228 e. The van der Waals surface area contributed by atoms with Crippen molar-refractivity contribution in [2.45, 2.75) is 6.61 Å². The largest absolute Gasteiger partial charge is 0.497 e. The lowest BCUT2D eigenvalue weighted by molar-refractivity contribution is 0.215. The van der Waals surface area contributed by atoms with E-state index in [9.17, 15) is 0 Å². The number of hydrogen-bond acceptors (Lipinski definition) is 7. The minimum atomic E-state index is 0.270. The van der Waals surface area contributed by atoms with Gasteiger partial charge in [-0.25, -0.2) is 9.97 Å². The Labute approximate surface area is 122 Å². The number of methoxy groups -OCH3 is 1. The molecule has 1 aromatic heterocycles. The molecule has 0 radical (unpaired) electrons. The van der Waals surface area contributed by atoms with Gasteiger partial charge in [-0.15, -0.1) is 0 Å². The van der Waals surface area contributed by atoms with Gasteiger partial charge >= 0.3 is 0 Å². The third-order valence-electron chi connectivity index (χ3n) is 2.68. The van der Waals surface area contributed by atoms with Crippen molar-refractivity contribution >= 4 is 12.0 Å². The molecule has 0 aliphatic rings. The molecule has 0 saturated carbocycles. The number of nitrogen functional groups attached to an aromatic ring is 1. The Morgan fingerprint density at radius 1 is 1.29 bits per heavy atom. The van der Waals surface area contributed by atoms with Gasteiger partial charge in [-0.2, -0.15) is 0 Å². The maximum atomic E-state index is 5.78. The Hall–Kier alpha value is -2.83. The number of nitrogens with zero attached hydrogens (tertiary/aromatic N) is 3. The first kappa shape index (κ1) is 14.6. The SMILES string of the molecule is CON=Cc1c(N)ncnc1OCc1cccc(OC)c1. The first-order valence-corrected chi connectivity index (χ1v) is 6.17. The maximum Gasteiger partial charge on any atom is 0.228 e. The molecule has 2 N–H and O–H groups in total. The second-order valence-corrected chi connectivity index (χ2v) is 4.04.